The Hall–Kier alpha value is -5.33. The minimum atomic E-state index is -0.580. The molecule has 0 radical (unpaired) electrons. The minimum absolute atomic E-state index is 0.580. The van der Waals surface area contributed by atoms with Gasteiger partial charge in [0.15, 0.2) is 0 Å². The summed E-state index contributed by atoms with van der Waals surface area (Å²) in [5.74, 6) is 0. The Morgan fingerprint density at radius 1 is 0.478 bits per heavy atom. The molecule has 0 amide bonds. The maximum Gasteiger partial charge on any atom is 0.107 e. The largest absolute Gasteiger partial charge is 0.309 e. The molecule has 1 aliphatic heterocycles. The summed E-state index contributed by atoms with van der Waals surface area (Å²) in [5, 5.41) is 7.55. The molecule has 7 aromatic carbocycles. The number of rotatable bonds is 3. The van der Waals surface area contributed by atoms with Gasteiger partial charge in [-0.05, 0) is 59.3 Å². The molecule has 3 heterocycles. The van der Waals surface area contributed by atoms with E-state index in [-0.39, 0.29) is 0 Å². The van der Waals surface area contributed by atoms with Crippen molar-refractivity contribution >= 4 is 90.1 Å². The highest BCUT2D eigenvalue weighted by molar-refractivity contribution is 14.2. The first kappa shape index (κ1) is 25.9. The fourth-order valence-electron chi connectivity index (χ4n) is 7.17. The van der Waals surface area contributed by atoms with Gasteiger partial charge in [0.2, 0.25) is 0 Å². The van der Waals surface area contributed by atoms with Crippen LogP contribution in [0.2, 0.25) is 0 Å². The Morgan fingerprint density at radius 3 is 2.04 bits per heavy atom. The first-order valence-electron chi connectivity index (χ1n) is 15.5. The molecule has 1 aliphatic rings. The van der Waals surface area contributed by atoms with E-state index < -0.39 is 20.7 Å². The van der Waals surface area contributed by atoms with Crippen molar-refractivity contribution < 1.29 is 0 Å². The highest BCUT2D eigenvalue weighted by Crippen LogP contribution is 2.43. The van der Waals surface area contributed by atoms with Crippen LogP contribution in [0.15, 0.2) is 163 Å². The molecule has 0 saturated heterocycles. The molecular formula is C42H26IN3. The number of aromatic nitrogens is 2. The van der Waals surface area contributed by atoms with E-state index in [4.69, 9.17) is 4.99 Å². The van der Waals surface area contributed by atoms with Crippen LogP contribution in [0.4, 0.5) is 5.69 Å². The van der Waals surface area contributed by atoms with Gasteiger partial charge < -0.3 is 9.13 Å². The molecule has 216 valence electrons. The molecule has 0 spiro atoms. The lowest BCUT2D eigenvalue weighted by Gasteiger charge is -2.20. The van der Waals surface area contributed by atoms with Crippen LogP contribution in [0.25, 0.3) is 60.1 Å². The lowest BCUT2D eigenvalue weighted by atomic mass is 10.0. The molecule has 46 heavy (non-hydrogen) atoms. The van der Waals surface area contributed by atoms with Crippen molar-refractivity contribution in [2.24, 2.45) is 4.99 Å². The molecule has 0 bridgehead atoms. The van der Waals surface area contributed by atoms with Crippen LogP contribution >= 0.6 is 20.7 Å². The van der Waals surface area contributed by atoms with E-state index in [0.29, 0.717) is 0 Å². The van der Waals surface area contributed by atoms with Gasteiger partial charge in [-0.15, -0.1) is 0 Å². The van der Waals surface area contributed by atoms with E-state index in [1.54, 1.807) is 0 Å². The molecule has 0 N–H and O–H groups in total. The second-order valence-electron chi connectivity index (χ2n) is 11.8. The number of aliphatic imine (C=N–C) groups is 1. The van der Waals surface area contributed by atoms with Crippen molar-refractivity contribution in [1.82, 2.24) is 9.13 Å². The third-order valence-electron chi connectivity index (χ3n) is 9.17. The van der Waals surface area contributed by atoms with Crippen LogP contribution in [-0.2, 0) is 0 Å². The predicted molar refractivity (Wildman–Crippen MR) is 203 cm³/mol. The molecule has 4 heteroatoms. The number of benzene rings is 7. The summed E-state index contributed by atoms with van der Waals surface area (Å²) in [6.07, 6.45) is 0. The fourth-order valence-corrected chi connectivity index (χ4v) is 10.1. The van der Waals surface area contributed by atoms with Crippen molar-refractivity contribution in [3.8, 4) is 5.69 Å². The highest BCUT2D eigenvalue weighted by Gasteiger charge is 2.26. The number of fused-ring (bicyclic) bond motifs is 9. The van der Waals surface area contributed by atoms with Gasteiger partial charge in [0, 0.05) is 36.4 Å². The SMILES string of the molecule is c1ccc(-n2c3ccccc3c3c4c(ccc32)c2ccccc2n4C2=Ic3ccccc3N=C2c2ccc3ccccc3c2)cc1. The zero-order chi connectivity index (χ0) is 30.2. The molecule has 2 aromatic heterocycles. The van der Waals surface area contributed by atoms with Gasteiger partial charge in [-0.3, -0.25) is 0 Å². The molecule has 9 aromatic rings. The van der Waals surface area contributed by atoms with Crippen LogP contribution in [0, 0.1) is 3.57 Å². The average Bonchev–Trinajstić information content (AvgIpc) is 3.64. The molecule has 0 unspecified atom stereocenters. The molecule has 0 aliphatic carbocycles. The van der Waals surface area contributed by atoms with E-state index in [0.717, 1.165) is 17.0 Å². The summed E-state index contributed by atoms with van der Waals surface area (Å²) in [6.45, 7) is 0. The van der Waals surface area contributed by atoms with Crippen LogP contribution < -0.4 is 0 Å². The zero-order valence-corrected chi connectivity index (χ0v) is 26.9. The highest BCUT2D eigenvalue weighted by atomic mass is 127. The zero-order valence-electron chi connectivity index (χ0n) is 24.7. The lowest BCUT2D eigenvalue weighted by molar-refractivity contribution is 1.18. The lowest BCUT2D eigenvalue weighted by Crippen LogP contribution is -2.23. The van der Waals surface area contributed by atoms with E-state index in [9.17, 15) is 0 Å². The van der Waals surface area contributed by atoms with Gasteiger partial charge >= 0.3 is 0 Å². The molecule has 3 nitrogen and oxygen atoms in total. The fraction of sp³-hybridized carbons (Fsp3) is 0. The number of halogens is 1. The topological polar surface area (TPSA) is 22.2 Å². The van der Waals surface area contributed by atoms with Gasteiger partial charge in [-0.2, -0.15) is 0 Å². The van der Waals surface area contributed by atoms with Gasteiger partial charge in [-0.25, -0.2) is 4.99 Å². The van der Waals surface area contributed by atoms with E-state index >= 15 is 0 Å². The Labute approximate surface area is 275 Å². The summed E-state index contributed by atoms with van der Waals surface area (Å²) in [6, 6.07) is 57.3. The van der Waals surface area contributed by atoms with E-state index in [1.165, 1.54) is 67.3 Å². The maximum absolute atomic E-state index is 5.45. The third kappa shape index (κ3) is 3.77. The molecule has 0 saturated carbocycles. The normalized spacial score (nSPS) is 13.2. The first-order valence-corrected chi connectivity index (χ1v) is 17.7. The Morgan fingerprint density at radius 2 is 1.17 bits per heavy atom. The molecular weight excluding hydrogens is 673 g/mol. The number of hydrogen-bond acceptors (Lipinski definition) is 1. The van der Waals surface area contributed by atoms with Crippen molar-refractivity contribution in [3.05, 3.63) is 167 Å². The van der Waals surface area contributed by atoms with Gasteiger partial charge in [0.25, 0.3) is 0 Å². The monoisotopic (exact) mass is 699 g/mol. The van der Waals surface area contributed by atoms with Crippen molar-refractivity contribution in [3.63, 3.8) is 0 Å². The Bertz CT molecular complexity index is 2740. The summed E-state index contributed by atoms with van der Waals surface area (Å²) in [4.78, 5) is 5.45. The predicted octanol–water partition coefficient (Wildman–Crippen LogP) is 11.0. The number of para-hydroxylation sites is 4. The molecule has 0 atom stereocenters. The summed E-state index contributed by atoms with van der Waals surface area (Å²) < 4.78 is 7.65. The second-order valence-corrected chi connectivity index (χ2v) is 14.5. The van der Waals surface area contributed by atoms with Gasteiger partial charge in [0.1, 0.15) is 9.34 Å². The van der Waals surface area contributed by atoms with Gasteiger partial charge in [0.05, 0.1) is 27.8 Å². The molecule has 10 rings (SSSR count). The summed E-state index contributed by atoms with van der Waals surface area (Å²) in [7, 11) is 0. The van der Waals surface area contributed by atoms with Crippen molar-refractivity contribution in [1.29, 1.82) is 0 Å². The van der Waals surface area contributed by atoms with Crippen LogP contribution in [0.5, 0.6) is 0 Å². The van der Waals surface area contributed by atoms with Crippen LogP contribution in [0.1, 0.15) is 5.56 Å². The van der Waals surface area contributed by atoms with E-state index in [1.807, 2.05) is 0 Å². The van der Waals surface area contributed by atoms with Gasteiger partial charge in [-0.1, -0.05) is 130 Å². The van der Waals surface area contributed by atoms with Crippen LogP contribution in [0.3, 0.4) is 0 Å². The number of hydrogen-bond donors (Lipinski definition) is 0. The maximum atomic E-state index is 5.45. The first-order chi connectivity index (χ1) is 22.8. The third-order valence-corrected chi connectivity index (χ3v) is 12.2. The van der Waals surface area contributed by atoms with Crippen molar-refractivity contribution in [2.75, 3.05) is 0 Å². The standard InChI is InChI=1S/C42H26IN3/c1-2-14-30(15-3-1)45-37-21-11-7-17-33(37)39-38(45)25-24-32-31-16-6-10-20-36(31)46(41(32)39)42-40(44-35-19-9-8-18-34(35)43-42)29-23-22-27-12-4-5-13-28(27)26-29/h1-26H. The molecule has 0 fully saturated rings. The number of nitrogens with zero attached hydrogens (tertiary/aromatic N) is 3. The second kappa shape index (κ2) is 10.1. The summed E-state index contributed by atoms with van der Waals surface area (Å²) in [5.41, 5.74) is 9.40. The Balaban J connectivity index is 1.37. The van der Waals surface area contributed by atoms with Crippen LogP contribution in [-0.4, -0.2) is 18.5 Å². The summed E-state index contributed by atoms with van der Waals surface area (Å²) >= 11 is -0.580. The Kier molecular flexibility index (Phi) is 5.69. The quantitative estimate of drug-likeness (QED) is 0.164. The average molecular weight is 700 g/mol. The van der Waals surface area contributed by atoms with E-state index in [2.05, 4.69) is 167 Å². The van der Waals surface area contributed by atoms with Crippen molar-refractivity contribution in [2.45, 2.75) is 0 Å². The minimum Gasteiger partial charge on any atom is -0.309 e. The smallest absolute Gasteiger partial charge is 0.107 e.